The van der Waals surface area contributed by atoms with Crippen molar-refractivity contribution in [1.29, 1.82) is 0 Å². The van der Waals surface area contributed by atoms with Gasteiger partial charge in [-0.1, -0.05) is 29.8 Å². The zero-order valence-electron chi connectivity index (χ0n) is 8.53. The van der Waals surface area contributed by atoms with E-state index in [1.54, 1.807) is 0 Å². The fraction of sp³-hybridized carbons (Fsp3) is 0.364. The number of carbonyl (C=O) groups is 1. The SMILES string of the molecule is CN1CCc2ccccc2NC(=O)C1Cl. The Bertz CT molecular complexity index is 381. The van der Waals surface area contributed by atoms with Crippen LogP contribution in [0.4, 0.5) is 5.69 Å². The van der Waals surface area contributed by atoms with Crippen LogP contribution in [0, 0.1) is 0 Å². The zero-order chi connectivity index (χ0) is 10.8. The molecule has 1 amide bonds. The molecule has 0 spiro atoms. The summed E-state index contributed by atoms with van der Waals surface area (Å²) in [6.07, 6.45) is 0.899. The summed E-state index contributed by atoms with van der Waals surface area (Å²) in [7, 11) is 1.85. The van der Waals surface area contributed by atoms with Crippen molar-refractivity contribution in [3.63, 3.8) is 0 Å². The molecule has 1 N–H and O–H groups in total. The van der Waals surface area contributed by atoms with Gasteiger partial charge in [0, 0.05) is 12.2 Å². The van der Waals surface area contributed by atoms with Crippen molar-refractivity contribution in [2.45, 2.75) is 11.9 Å². The van der Waals surface area contributed by atoms with Crippen molar-refractivity contribution >= 4 is 23.2 Å². The van der Waals surface area contributed by atoms with Crippen LogP contribution in [-0.4, -0.2) is 29.9 Å². The lowest BCUT2D eigenvalue weighted by Gasteiger charge is -2.25. The average molecular weight is 225 g/mol. The summed E-state index contributed by atoms with van der Waals surface area (Å²) in [5.74, 6) is -0.161. The highest BCUT2D eigenvalue weighted by Gasteiger charge is 2.23. The summed E-state index contributed by atoms with van der Waals surface area (Å²) in [6, 6.07) is 7.82. The first kappa shape index (κ1) is 10.5. The zero-order valence-corrected chi connectivity index (χ0v) is 9.29. The van der Waals surface area contributed by atoms with E-state index in [0.717, 1.165) is 24.2 Å². The summed E-state index contributed by atoms with van der Waals surface area (Å²) in [5, 5.41) is 2.83. The van der Waals surface area contributed by atoms with Gasteiger partial charge < -0.3 is 5.32 Å². The van der Waals surface area contributed by atoms with Gasteiger partial charge in [-0.2, -0.15) is 0 Å². The Kier molecular flexibility index (Phi) is 2.93. The van der Waals surface area contributed by atoms with Crippen molar-refractivity contribution < 1.29 is 4.79 Å². The molecule has 1 aliphatic rings. The second-order valence-corrected chi connectivity index (χ2v) is 4.13. The second kappa shape index (κ2) is 4.21. The first-order valence-electron chi connectivity index (χ1n) is 4.91. The van der Waals surface area contributed by atoms with Crippen molar-refractivity contribution in [1.82, 2.24) is 4.90 Å². The third-order valence-electron chi connectivity index (χ3n) is 2.61. The van der Waals surface area contributed by atoms with E-state index in [9.17, 15) is 4.79 Å². The maximum Gasteiger partial charge on any atom is 0.257 e. The topological polar surface area (TPSA) is 32.3 Å². The molecule has 0 bridgehead atoms. The number of halogens is 1. The van der Waals surface area contributed by atoms with E-state index < -0.39 is 5.50 Å². The molecule has 0 saturated heterocycles. The number of nitrogens with one attached hydrogen (secondary N) is 1. The monoisotopic (exact) mass is 224 g/mol. The summed E-state index contributed by atoms with van der Waals surface area (Å²) in [6.45, 7) is 0.790. The van der Waals surface area contributed by atoms with E-state index in [4.69, 9.17) is 11.6 Å². The Labute approximate surface area is 94.0 Å². The van der Waals surface area contributed by atoms with E-state index >= 15 is 0 Å². The molecule has 0 fully saturated rings. The molecule has 1 aromatic carbocycles. The minimum Gasteiger partial charge on any atom is -0.323 e. The smallest absolute Gasteiger partial charge is 0.257 e. The van der Waals surface area contributed by atoms with Crippen molar-refractivity contribution in [2.24, 2.45) is 0 Å². The standard InChI is InChI=1S/C11H13ClN2O/c1-14-7-6-8-4-2-3-5-9(8)13-11(15)10(14)12/h2-5,10H,6-7H2,1H3,(H,13,15). The van der Waals surface area contributed by atoms with Gasteiger partial charge in [-0.05, 0) is 25.1 Å². The molecular weight excluding hydrogens is 212 g/mol. The number of nitrogens with zero attached hydrogens (tertiary/aromatic N) is 1. The fourth-order valence-electron chi connectivity index (χ4n) is 1.66. The van der Waals surface area contributed by atoms with Gasteiger partial charge in [0.1, 0.15) is 0 Å². The number of fused-ring (bicyclic) bond motifs is 1. The van der Waals surface area contributed by atoms with Crippen LogP contribution in [0.15, 0.2) is 24.3 Å². The predicted molar refractivity (Wildman–Crippen MR) is 61.0 cm³/mol. The van der Waals surface area contributed by atoms with Crippen LogP contribution in [0.25, 0.3) is 0 Å². The molecule has 1 aliphatic heterocycles. The van der Waals surface area contributed by atoms with Gasteiger partial charge in [-0.25, -0.2) is 0 Å². The average Bonchev–Trinajstić information content (AvgIpc) is 2.25. The first-order valence-corrected chi connectivity index (χ1v) is 5.35. The van der Waals surface area contributed by atoms with Crippen LogP contribution in [0.2, 0.25) is 0 Å². The number of alkyl halides is 1. The lowest BCUT2D eigenvalue weighted by molar-refractivity contribution is -0.118. The molecule has 1 unspecified atom stereocenters. The van der Waals surface area contributed by atoms with Crippen molar-refractivity contribution in [2.75, 3.05) is 18.9 Å². The third-order valence-corrected chi connectivity index (χ3v) is 3.14. The quantitative estimate of drug-likeness (QED) is 0.537. The normalized spacial score (nSPS) is 22.5. The van der Waals surface area contributed by atoms with Gasteiger partial charge in [-0.3, -0.25) is 9.69 Å². The predicted octanol–water partition coefficient (Wildman–Crippen LogP) is 1.68. The van der Waals surface area contributed by atoms with Crippen LogP contribution in [0.3, 0.4) is 0 Å². The van der Waals surface area contributed by atoms with Gasteiger partial charge >= 0.3 is 0 Å². The largest absolute Gasteiger partial charge is 0.323 e. The Morgan fingerprint density at radius 1 is 1.47 bits per heavy atom. The molecule has 0 aliphatic carbocycles. The van der Waals surface area contributed by atoms with Gasteiger partial charge in [0.05, 0.1) is 0 Å². The number of hydrogen-bond acceptors (Lipinski definition) is 2. The molecule has 2 rings (SSSR count). The summed E-state index contributed by atoms with van der Waals surface area (Å²) in [5.41, 5.74) is 1.45. The Hall–Kier alpha value is -1.06. The van der Waals surface area contributed by atoms with Crippen molar-refractivity contribution in [3.05, 3.63) is 29.8 Å². The number of rotatable bonds is 0. The first-order chi connectivity index (χ1) is 7.18. The second-order valence-electron chi connectivity index (χ2n) is 3.71. The molecule has 4 heteroatoms. The van der Waals surface area contributed by atoms with E-state index in [-0.39, 0.29) is 5.91 Å². The molecule has 0 saturated carbocycles. The Morgan fingerprint density at radius 2 is 2.20 bits per heavy atom. The summed E-state index contributed by atoms with van der Waals surface area (Å²) >= 11 is 5.97. The minimum absolute atomic E-state index is 0.161. The molecule has 1 heterocycles. The van der Waals surface area contributed by atoms with Crippen LogP contribution in [-0.2, 0) is 11.2 Å². The number of anilines is 1. The molecule has 1 atom stereocenters. The highest BCUT2D eigenvalue weighted by Crippen LogP contribution is 2.20. The van der Waals surface area contributed by atoms with Gasteiger partial charge in [0.25, 0.3) is 5.91 Å². The fourth-order valence-corrected chi connectivity index (χ4v) is 1.81. The van der Waals surface area contributed by atoms with Crippen LogP contribution < -0.4 is 5.32 Å². The van der Waals surface area contributed by atoms with Gasteiger partial charge in [-0.15, -0.1) is 0 Å². The van der Waals surface area contributed by atoms with E-state index in [0.29, 0.717) is 0 Å². The summed E-state index contributed by atoms with van der Waals surface area (Å²) < 4.78 is 0. The lowest BCUT2D eigenvalue weighted by Crippen LogP contribution is -2.40. The number of amides is 1. The Morgan fingerprint density at radius 3 is 3.00 bits per heavy atom. The van der Waals surface area contributed by atoms with Gasteiger partial charge in [0.15, 0.2) is 5.50 Å². The highest BCUT2D eigenvalue weighted by atomic mass is 35.5. The lowest BCUT2D eigenvalue weighted by atomic mass is 10.1. The molecule has 3 nitrogen and oxygen atoms in total. The van der Waals surface area contributed by atoms with E-state index in [2.05, 4.69) is 5.32 Å². The number of likely N-dealkylation sites (N-methyl/N-ethyl adjacent to an activating group) is 1. The summed E-state index contributed by atoms with van der Waals surface area (Å²) in [4.78, 5) is 13.5. The molecular formula is C11H13ClN2O. The van der Waals surface area contributed by atoms with Gasteiger partial charge in [0.2, 0.25) is 0 Å². The van der Waals surface area contributed by atoms with E-state index in [1.165, 1.54) is 0 Å². The molecule has 80 valence electrons. The van der Waals surface area contributed by atoms with Crippen LogP contribution in [0.5, 0.6) is 0 Å². The van der Waals surface area contributed by atoms with Crippen LogP contribution >= 0.6 is 11.6 Å². The maximum absolute atomic E-state index is 11.7. The van der Waals surface area contributed by atoms with E-state index in [1.807, 2.05) is 36.2 Å². The van der Waals surface area contributed by atoms with Crippen molar-refractivity contribution in [3.8, 4) is 0 Å². The number of carbonyl (C=O) groups excluding carboxylic acids is 1. The number of para-hydroxylation sites is 1. The number of benzene rings is 1. The highest BCUT2D eigenvalue weighted by molar-refractivity contribution is 6.32. The third kappa shape index (κ3) is 2.13. The Balaban J connectivity index is 2.31. The number of hydrogen-bond donors (Lipinski definition) is 1. The molecule has 15 heavy (non-hydrogen) atoms. The molecule has 1 aromatic rings. The molecule has 0 radical (unpaired) electrons. The van der Waals surface area contributed by atoms with Crippen LogP contribution in [0.1, 0.15) is 5.56 Å². The molecule has 0 aromatic heterocycles. The minimum atomic E-state index is -0.585. The maximum atomic E-state index is 11.7.